The van der Waals surface area contributed by atoms with E-state index in [4.69, 9.17) is 9.47 Å². The number of para-hydroxylation sites is 1. The molecule has 1 atom stereocenters. The molecule has 1 aliphatic heterocycles. The molecular weight excluding hydrogens is 416 g/mol. The third kappa shape index (κ3) is 6.35. The molecule has 2 N–H and O–H groups in total. The maximum Gasteiger partial charge on any atom is 0.228 e. The first-order valence-corrected chi connectivity index (χ1v) is 11.2. The van der Waals surface area contributed by atoms with Gasteiger partial charge in [-0.15, -0.1) is 0 Å². The fourth-order valence-electron chi connectivity index (χ4n) is 3.77. The van der Waals surface area contributed by atoms with Gasteiger partial charge in [-0.1, -0.05) is 48.5 Å². The van der Waals surface area contributed by atoms with Gasteiger partial charge in [0.2, 0.25) is 11.8 Å². The Labute approximate surface area is 193 Å². The number of rotatable bonds is 10. The van der Waals surface area contributed by atoms with E-state index in [1.807, 2.05) is 78.9 Å². The van der Waals surface area contributed by atoms with Gasteiger partial charge in [0.15, 0.2) is 0 Å². The van der Waals surface area contributed by atoms with Gasteiger partial charge in [0.1, 0.15) is 18.1 Å². The summed E-state index contributed by atoms with van der Waals surface area (Å²) in [6, 6.07) is 25.1. The molecule has 1 unspecified atom stereocenters. The van der Waals surface area contributed by atoms with Gasteiger partial charge >= 0.3 is 0 Å². The van der Waals surface area contributed by atoms with Gasteiger partial charge in [-0.05, 0) is 54.3 Å². The first kappa shape index (κ1) is 22.4. The van der Waals surface area contributed by atoms with Crippen LogP contribution in [0.2, 0.25) is 0 Å². The zero-order chi connectivity index (χ0) is 22.9. The molecule has 0 fully saturated rings. The molecular formula is C27H28N2O4. The zero-order valence-electron chi connectivity index (χ0n) is 18.5. The summed E-state index contributed by atoms with van der Waals surface area (Å²) in [5.41, 5.74) is 2.72. The van der Waals surface area contributed by atoms with Crippen LogP contribution in [0.4, 0.5) is 5.69 Å². The number of hydrogen-bond donors (Lipinski definition) is 2. The first-order chi connectivity index (χ1) is 16.2. The molecule has 3 aromatic carbocycles. The molecule has 1 heterocycles. The van der Waals surface area contributed by atoms with E-state index in [0.717, 1.165) is 41.2 Å². The van der Waals surface area contributed by atoms with Gasteiger partial charge in [0.05, 0.1) is 12.5 Å². The van der Waals surface area contributed by atoms with Crippen LogP contribution in [-0.2, 0) is 16.2 Å². The highest BCUT2D eigenvalue weighted by molar-refractivity contribution is 6.01. The molecule has 0 spiro atoms. The number of carbonyl (C=O) groups excluding carboxylic acids is 2. The van der Waals surface area contributed by atoms with E-state index in [2.05, 4.69) is 10.6 Å². The Bertz CT molecular complexity index is 1070. The summed E-state index contributed by atoms with van der Waals surface area (Å²) in [5.74, 6) is 0.916. The standard InChI is InChI=1S/C27H28N2O4/c30-26-18-24(23-10-4-5-11-25(23)29-26)27(31)28-16-6-7-17-32-21-12-14-22(15-13-21)33-19-20-8-2-1-3-9-20/h1-5,8-15,24H,6-7,16-19H2,(H,28,31)(H,29,30). The van der Waals surface area contributed by atoms with Crippen LogP contribution in [0.1, 0.15) is 36.3 Å². The Morgan fingerprint density at radius 3 is 2.36 bits per heavy atom. The molecule has 1 aliphatic rings. The van der Waals surface area contributed by atoms with Crippen LogP contribution in [-0.4, -0.2) is 25.0 Å². The lowest BCUT2D eigenvalue weighted by atomic mass is 9.90. The van der Waals surface area contributed by atoms with Crippen LogP contribution >= 0.6 is 0 Å². The molecule has 0 bridgehead atoms. The van der Waals surface area contributed by atoms with Crippen LogP contribution < -0.4 is 20.1 Å². The van der Waals surface area contributed by atoms with Crippen molar-refractivity contribution in [1.82, 2.24) is 5.32 Å². The van der Waals surface area contributed by atoms with Crippen molar-refractivity contribution < 1.29 is 19.1 Å². The lowest BCUT2D eigenvalue weighted by Gasteiger charge is -2.24. The van der Waals surface area contributed by atoms with Crippen molar-refractivity contribution in [2.24, 2.45) is 0 Å². The Kier molecular flexibility index (Phi) is 7.59. The molecule has 3 aromatic rings. The molecule has 170 valence electrons. The van der Waals surface area contributed by atoms with E-state index >= 15 is 0 Å². The summed E-state index contributed by atoms with van der Waals surface area (Å²) in [4.78, 5) is 24.5. The number of ether oxygens (including phenoxy) is 2. The minimum absolute atomic E-state index is 0.107. The van der Waals surface area contributed by atoms with Gasteiger partial charge in [0.25, 0.3) is 0 Å². The van der Waals surface area contributed by atoms with Crippen molar-refractivity contribution in [3.05, 3.63) is 90.0 Å². The van der Waals surface area contributed by atoms with Crippen molar-refractivity contribution in [2.75, 3.05) is 18.5 Å². The molecule has 0 aliphatic carbocycles. The second kappa shape index (κ2) is 11.2. The Morgan fingerprint density at radius 2 is 1.58 bits per heavy atom. The van der Waals surface area contributed by atoms with E-state index in [1.165, 1.54) is 0 Å². The van der Waals surface area contributed by atoms with Gasteiger partial charge in [-0.25, -0.2) is 0 Å². The van der Waals surface area contributed by atoms with Crippen LogP contribution in [0.5, 0.6) is 11.5 Å². The van der Waals surface area contributed by atoms with Gasteiger partial charge in [-0.3, -0.25) is 9.59 Å². The quantitative estimate of drug-likeness (QED) is 0.446. The summed E-state index contributed by atoms with van der Waals surface area (Å²) in [6.07, 6.45) is 1.79. The second-order valence-corrected chi connectivity index (χ2v) is 7.98. The number of fused-ring (bicyclic) bond motifs is 1. The minimum Gasteiger partial charge on any atom is -0.494 e. The molecule has 6 nitrogen and oxygen atoms in total. The largest absolute Gasteiger partial charge is 0.494 e. The van der Waals surface area contributed by atoms with Crippen LogP contribution in [0.3, 0.4) is 0 Å². The molecule has 6 heteroatoms. The molecule has 4 rings (SSSR count). The highest BCUT2D eigenvalue weighted by Crippen LogP contribution is 2.31. The number of carbonyl (C=O) groups is 2. The Morgan fingerprint density at radius 1 is 0.879 bits per heavy atom. The van der Waals surface area contributed by atoms with E-state index in [1.54, 1.807) is 0 Å². The van der Waals surface area contributed by atoms with Gasteiger partial charge in [0, 0.05) is 18.7 Å². The predicted octanol–water partition coefficient (Wildman–Crippen LogP) is 4.67. The van der Waals surface area contributed by atoms with Crippen molar-refractivity contribution in [3.8, 4) is 11.5 Å². The smallest absolute Gasteiger partial charge is 0.228 e. The highest BCUT2D eigenvalue weighted by Gasteiger charge is 2.29. The average molecular weight is 445 g/mol. The van der Waals surface area contributed by atoms with Crippen LogP contribution in [0, 0.1) is 0 Å². The predicted molar refractivity (Wildman–Crippen MR) is 127 cm³/mol. The van der Waals surface area contributed by atoms with Crippen LogP contribution in [0.15, 0.2) is 78.9 Å². The average Bonchev–Trinajstić information content (AvgIpc) is 2.85. The third-order valence-electron chi connectivity index (χ3n) is 5.53. The summed E-state index contributed by atoms with van der Waals surface area (Å²) < 4.78 is 11.6. The third-order valence-corrected chi connectivity index (χ3v) is 5.53. The number of hydrogen-bond acceptors (Lipinski definition) is 4. The molecule has 0 radical (unpaired) electrons. The topological polar surface area (TPSA) is 76.7 Å². The molecule has 0 saturated carbocycles. The number of nitrogens with one attached hydrogen (secondary N) is 2. The normalized spacial score (nSPS) is 14.7. The van der Waals surface area contributed by atoms with Gasteiger partial charge in [-0.2, -0.15) is 0 Å². The van der Waals surface area contributed by atoms with Crippen molar-refractivity contribution in [1.29, 1.82) is 0 Å². The first-order valence-electron chi connectivity index (χ1n) is 11.2. The lowest BCUT2D eigenvalue weighted by Crippen LogP contribution is -2.35. The second-order valence-electron chi connectivity index (χ2n) is 7.98. The molecule has 33 heavy (non-hydrogen) atoms. The Hall–Kier alpha value is -3.80. The van der Waals surface area contributed by atoms with Crippen LogP contribution in [0.25, 0.3) is 0 Å². The van der Waals surface area contributed by atoms with Crippen molar-refractivity contribution in [3.63, 3.8) is 0 Å². The van der Waals surface area contributed by atoms with E-state index in [0.29, 0.717) is 19.8 Å². The fourth-order valence-corrected chi connectivity index (χ4v) is 3.77. The van der Waals surface area contributed by atoms with Gasteiger partial charge < -0.3 is 20.1 Å². The summed E-state index contributed by atoms with van der Waals surface area (Å²) >= 11 is 0. The molecule has 0 aromatic heterocycles. The fraction of sp³-hybridized carbons (Fsp3) is 0.259. The number of benzene rings is 3. The maximum absolute atomic E-state index is 12.6. The van der Waals surface area contributed by atoms with E-state index in [9.17, 15) is 9.59 Å². The zero-order valence-corrected chi connectivity index (χ0v) is 18.5. The molecule has 0 saturated heterocycles. The number of anilines is 1. The highest BCUT2D eigenvalue weighted by atomic mass is 16.5. The minimum atomic E-state index is -0.436. The maximum atomic E-state index is 12.6. The van der Waals surface area contributed by atoms with E-state index < -0.39 is 5.92 Å². The lowest BCUT2D eigenvalue weighted by molar-refractivity contribution is -0.126. The number of unbranched alkanes of at least 4 members (excludes halogenated alkanes) is 1. The van der Waals surface area contributed by atoms with Crippen molar-refractivity contribution in [2.45, 2.75) is 31.8 Å². The van der Waals surface area contributed by atoms with Crippen molar-refractivity contribution >= 4 is 17.5 Å². The summed E-state index contributed by atoms with van der Waals surface area (Å²) in [6.45, 7) is 1.65. The summed E-state index contributed by atoms with van der Waals surface area (Å²) in [7, 11) is 0. The monoisotopic (exact) mass is 444 g/mol. The molecule has 2 amide bonds. The van der Waals surface area contributed by atoms with E-state index in [-0.39, 0.29) is 18.2 Å². The Balaban J connectivity index is 1.13. The SMILES string of the molecule is O=C1CC(C(=O)NCCCCOc2ccc(OCc3ccccc3)cc2)c2ccccc2N1. The number of amides is 2. The summed E-state index contributed by atoms with van der Waals surface area (Å²) in [5, 5.41) is 5.78.